The number of benzene rings is 2. The Hall–Kier alpha value is -2.41. The van der Waals surface area contributed by atoms with Crippen molar-refractivity contribution in [1.29, 1.82) is 0 Å². The van der Waals surface area contributed by atoms with Gasteiger partial charge in [0, 0.05) is 13.6 Å². The zero-order valence-electron chi connectivity index (χ0n) is 18.0. The lowest BCUT2D eigenvalue weighted by Crippen LogP contribution is -2.48. The van der Waals surface area contributed by atoms with E-state index < -0.39 is 6.04 Å². The molecule has 0 bridgehead atoms. The Labute approximate surface area is 185 Å². The number of likely N-dealkylation sites (N-methyl/N-ethyl adjacent to an activating group) is 1. The Balaban J connectivity index is 2.15. The second-order valence-corrected chi connectivity index (χ2v) is 8.98. The van der Waals surface area contributed by atoms with Crippen molar-refractivity contribution in [3.63, 3.8) is 0 Å². The molecular weight excluding hydrogens is 451 g/mol. The predicted octanol–water partition coefficient (Wildman–Crippen LogP) is 4.43. The Morgan fingerprint density at radius 1 is 1.17 bits per heavy atom. The molecule has 0 aliphatic rings. The Bertz CT molecular complexity index is 894. The van der Waals surface area contributed by atoms with Crippen molar-refractivity contribution in [2.24, 2.45) is 0 Å². The van der Waals surface area contributed by atoms with Crippen molar-refractivity contribution in [2.75, 3.05) is 13.7 Å². The zero-order valence-corrected chi connectivity index (χ0v) is 19.5. The lowest BCUT2D eigenvalue weighted by molar-refractivity contribution is -0.142. The van der Waals surface area contributed by atoms with Crippen LogP contribution in [0.1, 0.15) is 38.8 Å². The highest BCUT2D eigenvalue weighted by atomic mass is 79.9. The van der Waals surface area contributed by atoms with Gasteiger partial charge in [0.15, 0.2) is 6.61 Å². The standard InChI is InChI=1S/C23H28BrFN2O3/c1-15(22(29)26-5)27(13-16-6-9-18(25)10-7-16)21(28)14-30-20-11-8-17(12-19(20)24)23(2,3)4/h6-12,15H,13-14H2,1-5H3,(H,26,29). The molecule has 2 aromatic rings. The number of nitrogens with zero attached hydrogens (tertiary/aromatic N) is 1. The molecule has 0 saturated heterocycles. The number of carbonyl (C=O) groups excluding carboxylic acids is 2. The fourth-order valence-electron chi connectivity index (χ4n) is 2.88. The average molecular weight is 479 g/mol. The number of carbonyl (C=O) groups is 2. The minimum atomic E-state index is -0.706. The molecule has 0 spiro atoms. The second-order valence-electron chi connectivity index (χ2n) is 8.12. The number of ether oxygens (including phenoxy) is 1. The number of amides is 2. The average Bonchev–Trinajstić information content (AvgIpc) is 2.70. The van der Waals surface area contributed by atoms with E-state index >= 15 is 0 Å². The molecule has 0 aliphatic carbocycles. The first-order chi connectivity index (χ1) is 14.0. The van der Waals surface area contributed by atoms with Gasteiger partial charge >= 0.3 is 0 Å². The third-order valence-corrected chi connectivity index (χ3v) is 5.45. The summed E-state index contributed by atoms with van der Waals surface area (Å²) >= 11 is 3.50. The summed E-state index contributed by atoms with van der Waals surface area (Å²) < 4.78 is 19.7. The maximum absolute atomic E-state index is 13.2. The van der Waals surface area contributed by atoms with Crippen LogP contribution in [0.15, 0.2) is 46.9 Å². The van der Waals surface area contributed by atoms with E-state index in [1.165, 1.54) is 24.1 Å². The van der Waals surface area contributed by atoms with Gasteiger partial charge in [-0.25, -0.2) is 4.39 Å². The molecule has 0 saturated carbocycles. The van der Waals surface area contributed by atoms with Crippen molar-refractivity contribution in [2.45, 2.75) is 45.7 Å². The molecule has 0 heterocycles. The van der Waals surface area contributed by atoms with E-state index in [9.17, 15) is 14.0 Å². The van der Waals surface area contributed by atoms with Gasteiger partial charge in [0.05, 0.1) is 4.47 Å². The highest BCUT2D eigenvalue weighted by molar-refractivity contribution is 9.10. The van der Waals surface area contributed by atoms with Gasteiger partial charge in [0.25, 0.3) is 5.91 Å². The van der Waals surface area contributed by atoms with Crippen molar-refractivity contribution in [3.8, 4) is 5.75 Å². The van der Waals surface area contributed by atoms with E-state index in [2.05, 4.69) is 42.0 Å². The minimum Gasteiger partial charge on any atom is -0.483 e. The highest BCUT2D eigenvalue weighted by Gasteiger charge is 2.26. The van der Waals surface area contributed by atoms with Crippen LogP contribution in [0.3, 0.4) is 0 Å². The van der Waals surface area contributed by atoms with Gasteiger partial charge in [-0.2, -0.15) is 0 Å². The summed E-state index contributed by atoms with van der Waals surface area (Å²) in [5, 5.41) is 2.56. The molecular formula is C23H28BrFN2O3. The molecule has 5 nitrogen and oxygen atoms in total. The fraction of sp³-hybridized carbons (Fsp3) is 0.391. The van der Waals surface area contributed by atoms with Gasteiger partial charge < -0.3 is 15.0 Å². The molecule has 1 N–H and O–H groups in total. The first-order valence-electron chi connectivity index (χ1n) is 9.71. The molecule has 162 valence electrons. The molecule has 2 amide bonds. The number of nitrogens with one attached hydrogen (secondary N) is 1. The van der Waals surface area contributed by atoms with Crippen LogP contribution in [0.4, 0.5) is 4.39 Å². The fourth-order valence-corrected chi connectivity index (χ4v) is 3.38. The molecule has 1 atom stereocenters. The van der Waals surface area contributed by atoms with Crippen LogP contribution < -0.4 is 10.1 Å². The smallest absolute Gasteiger partial charge is 0.261 e. The van der Waals surface area contributed by atoms with Gasteiger partial charge in [0.1, 0.15) is 17.6 Å². The SMILES string of the molecule is CNC(=O)C(C)N(Cc1ccc(F)cc1)C(=O)COc1ccc(C(C)(C)C)cc1Br. The summed E-state index contributed by atoms with van der Waals surface area (Å²) in [4.78, 5) is 26.5. The molecule has 2 aromatic carbocycles. The summed E-state index contributed by atoms with van der Waals surface area (Å²) in [5.41, 5.74) is 1.85. The maximum atomic E-state index is 13.2. The zero-order chi connectivity index (χ0) is 22.5. The van der Waals surface area contributed by atoms with Gasteiger partial charge in [-0.05, 0) is 63.7 Å². The number of hydrogen-bond acceptors (Lipinski definition) is 3. The molecule has 7 heteroatoms. The van der Waals surface area contributed by atoms with Gasteiger partial charge in [-0.3, -0.25) is 9.59 Å². The normalized spacial score (nSPS) is 12.2. The van der Waals surface area contributed by atoms with Gasteiger partial charge in [0.2, 0.25) is 5.91 Å². The minimum absolute atomic E-state index is 0.00816. The highest BCUT2D eigenvalue weighted by Crippen LogP contribution is 2.31. The van der Waals surface area contributed by atoms with Gasteiger partial charge in [-0.15, -0.1) is 0 Å². The van der Waals surface area contributed by atoms with Crippen LogP contribution >= 0.6 is 15.9 Å². The summed E-state index contributed by atoms with van der Waals surface area (Å²) in [6.07, 6.45) is 0. The van der Waals surface area contributed by atoms with Crippen molar-refractivity contribution in [3.05, 3.63) is 63.9 Å². The molecule has 2 rings (SSSR count). The summed E-state index contributed by atoms with van der Waals surface area (Å²) in [5.74, 6) is -0.447. The van der Waals surface area contributed by atoms with E-state index in [1.54, 1.807) is 19.1 Å². The lowest BCUT2D eigenvalue weighted by atomic mass is 9.87. The van der Waals surface area contributed by atoms with Crippen LogP contribution in [0.2, 0.25) is 0 Å². The van der Waals surface area contributed by atoms with E-state index in [0.717, 1.165) is 15.6 Å². The first-order valence-corrected chi connectivity index (χ1v) is 10.5. The van der Waals surface area contributed by atoms with Crippen molar-refractivity contribution in [1.82, 2.24) is 10.2 Å². The van der Waals surface area contributed by atoms with E-state index in [0.29, 0.717) is 5.75 Å². The maximum Gasteiger partial charge on any atom is 0.261 e. The molecule has 30 heavy (non-hydrogen) atoms. The van der Waals surface area contributed by atoms with Crippen LogP contribution in [-0.4, -0.2) is 36.4 Å². The van der Waals surface area contributed by atoms with E-state index in [-0.39, 0.29) is 36.2 Å². The molecule has 0 aromatic heterocycles. The van der Waals surface area contributed by atoms with Gasteiger partial charge in [-0.1, -0.05) is 39.0 Å². The summed E-state index contributed by atoms with van der Waals surface area (Å²) in [7, 11) is 1.52. The third-order valence-electron chi connectivity index (χ3n) is 4.83. The van der Waals surface area contributed by atoms with E-state index in [4.69, 9.17) is 4.74 Å². The van der Waals surface area contributed by atoms with Crippen molar-refractivity contribution >= 4 is 27.7 Å². The van der Waals surface area contributed by atoms with Crippen LogP contribution in [0.5, 0.6) is 5.75 Å². The number of halogens is 2. The van der Waals surface area contributed by atoms with Crippen molar-refractivity contribution < 1.29 is 18.7 Å². The third kappa shape index (κ3) is 6.29. The Kier molecular flexibility index (Phi) is 8.01. The summed E-state index contributed by atoms with van der Waals surface area (Å²) in [6.45, 7) is 7.94. The van der Waals surface area contributed by atoms with Crippen LogP contribution in [0, 0.1) is 5.82 Å². The predicted molar refractivity (Wildman–Crippen MR) is 119 cm³/mol. The van der Waals surface area contributed by atoms with Crippen LogP contribution in [0.25, 0.3) is 0 Å². The Morgan fingerprint density at radius 3 is 2.33 bits per heavy atom. The first kappa shape index (κ1) is 23.9. The largest absolute Gasteiger partial charge is 0.483 e. The number of rotatable bonds is 7. The monoisotopic (exact) mass is 478 g/mol. The molecule has 1 unspecified atom stereocenters. The summed E-state index contributed by atoms with van der Waals surface area (Å²) in [6, 6.07) is 10.9. The molecule has 0 aliphatic heterocycles. The quantitative estimate of drug-likeness (QED) is 0.640. The topological polar surface area (TPSA) is 58.6 Å². The second kappa shape index (κ2) is 10.1. The van der Waals surface area contributed by atoms with Crippen LogP contribution in [-0.2, 0) is 21.5 Å². The van der Waals surface area contributed by atoms with E-state index in [1.807, 2.05) is 18.2 Å². The number of hydrogen-bond donors (Lipinski definition) is 1. The molecule has 0 fully saturated rings. The Morgan fingerprint density at radius 2 is 1.80 bits per heavy atom. The lowest BCUT2D eigenvalue weighted by Gasteiger charge is -2.28. The molecule has 0 radical (unpaired) electrons.